The van der Waals surface area contributed by atoms with Crippen molar-refractivity contribution < 1.29 is 5.11 Å². The van der Waals surface area contributed by atoms with E-state index in [4.69, 9.17) is 10.2 Å². The summed E-state index contributed by atoms with van der Waals surface area (Å²) in [7, 11) is 0. The van der Waals surface area contributed by atoms with Crippen LogP contribution in [0.3, 0.4) is 0 Å². The molecule has 5 rings (SSSR count). The molecule has 0 aliphatic rings. The molecule has 0 aliphatic heterocycles. The van der Waals surface area contributed by atoms with Crippen molar-refractivity contribution in [3.05, 3.63) is 119 Å². The van der Waals surface area contributed by atoms with Crippen molar-refractivity contribution >= 4 is 11.0 Å². The summed E-state index contributed by atoms with van der Waals surface area (Å²) in [6, 6.07) is 33.4. The average molecular weight is 504 g/mol. The third-order valence-corrected chi connectivity index (χ3v) is 8.15. The third-order valence-electron chi connectivity index (χ3n) is 8.15. The van der Waals surface area contributed by atoms with Crippen molar-refractivity contribution in [1.29, 1.82) is 0 Å². The fourth-order valence-corrected chi connectivity index (χ4v) is 5.98. The molecule has 2 unspecified atom stereocenters. The maximum absolute atomic E-state index is 12.0. The lowest BCUT2D eigenvalue weighted by Gasteiger charge is -2.36. The van der Waals surface area contributed by atoms with E-state index in [9.17, 15) is 5.11 Å². The molecule has 1 heterocycles. The molecular formula is C34H37N3O. The second-order valence-corrected chi connectivity index (χ2v) is 10.8. The summed E-state index contributed by atoms with van der Waals surface area (Å²) in [5.41, 5.74) is 6.12. The first-order valence-corrected chi connectivity index (χ1v) is 13.7. The van der Waals surface area contributed by atoms with E-state index in [0.717, 1.165) is 47.8 Å². The van der Waals surface area contributed by atoms with E-state index in [1.807, 2.05) is 30.3 Å². The molecule has 1 aromatic heterocycles. The lowest BCUT2D eigenvalue weighted by molar-refractivity contribution is 0.425. The summed E-state index contributed by atoms with van der Waals surface area (Å²) >= 11 is 0. The normalized spacial score (nSPS) is 14.7. The highest BCUT2D eigenvalue weighted by atomic mass is 16.3. The zero-order chi connectivity index (χ0) is 26.8. The standard InChI is InChI=1S/C34H37N3O/c1-5-21-33(3,25-15-9-7-10-16-25)27-23-28(34(4,22-6-2)26-17-11-8-12-18-26)32(38)31(24-27)37-35-29-19-13-14-20-30(29)36-37/h7-20,23-24,38H,5-6,21-22H2,1-4H3. The Morgan fingerprint density at radius 1 is 0.632 bits per heavy atom. The molecule has 0 fully saturated rings. The van der Waals surface area contributed by atoms with Gasteiger partial charge in [0.25, 0.3) is 0 Å². The van der Waals surface area contributed by atoms with Gasteiger partial charge in [0, 0.05) is 16.4 Å². The van der Waals surface area contributed by atoms with E-state index in [-0.39, 0.29) is 16.6 Å². The fourth-order valence-electron chi connectivity index (χ4n) is 5.98. The Morgan fingerprint density at radius 3 is 1.63 bits per heavy atom. The van der Waals surface area contributed by atoms with Gasteiger partial charge in [-0.15, -0.1) is 15.0 Å². The topological polar surface area (TPSA) is 50.9 Å². The summed E-state index contributed by atoms with van der Waals surface area (Å²) in [5.74, 6) is 0.237. The van der Waals surface area contributed by atoms with Gasteiger partial charge in [-0.3, -0.25) is 0 Å². The lowest BCUT2D eigenvalue weighted by atomic mass is 9.68. The number of fused-ring (bicyclic) bond motifs is 1. The van der Waals surface area contributed by atoms with Crippen LogP contribution >= 0.6 is 0 Å². The van der Waals surface area contributed by atoms with Gasteiger partial charge in [0.2, 0.25) is 0 Å². The molecule has 4 nitrogen and oxygen atoms in total. The van der Waals surface area contributed by atoms with Gasteiger partial charge < -0.3 is 5.11 Å². The Morgan fingerprint density at radius 2 is 1.11 bits per heavy atom. The van der Waals surface area contributed by atoms with Crippen LogP contribution in [0.4, 0.5) is 0 Å². The Kier molecular flexibility index (Phi) is 7.07. The molecule has 0 bridgehead atoms. The van der Waals surface area contributed by atoms with Gasteiger partial charge in [0.05, 0.1) is 0 Å². The van der Waals surface area contributed by atoms with Crippen LogP contribution in [0.25, 0.3) is 16.7 Å². The van der Waals surface area contributed by atoms with Crippen LogP contribution in [-0.4, -0.2) is 20.1 Å². The third kappa shape index (κ3) is 4.49. The van der Waals surface area contributed by atoms with Crippen LogP contribution in [0, 0.1) is 0 Å². The maximum atomic E-state index is 12.0. The number of rotatable bonds is 9. The van der Waals surface area contributed by atoms with E-state index < -0.39 is 0 Å². The largest absolute Gasteiger partial charge is 0.505 e. The Hall–Kier alpha value is -3.92. The van der Waals surface area contributed by atoms with Gasteiger partial charge in [-0.25, -0.2) is 0 Å². The highest BCUT2D eigenvalue weighted by molar-refractivity contribution is 5.74. The second-order valence-electron chi connectivity index (χ2n) is 10.8. The van der Waals surface area contributed by atoms with Crippen LogP contribution in [-0.2, 0) is 10.8 Å². The van der Waals surface area contributed by atoms with E-state index in [0.29, 0.717) is 5.69 Å². The average Bonchev–Trinajstić information content (AvgIpc) is 3.38. The molecule has 4 heteroatoms. The second kappa shape index (κ2) is 10.4. The number of nitrogens with zero attached hydrogens (tertiary/aromatic N) is 3. The molecule has 0 saturated heterocycles. The number of phenols is 1. The van der Waals surface area contributed by atoms with E-state index in [1.54, 1.807) is 4.80 Å². The number of benzene rings is 4. The van der Waals surface area contributed by atoms with E-state index in [1.165, 1.54) is 11.1 Å². The van der Waals surface area contributed by atoms with Crippen molar-refractivity contribution in [1.82, 2.24) is 15.0 Å². The van der Waals surface area contributed by atoms with Gasteiger partial charge in [-0.2, -0.15) is 0 Å². The molecule has 0 amide bonds. The molecule has 4 aromatic carbocycles. The molecule has 194 valence electrons. The van der Waals surface area contributed by atoms with Crippen molar-refractivity contribution in [2.45, 2.75) is 64.2 Å². The Balaban J connectivity index is 1.83. The van der Waals surface area contributed by atoms with Crippen LogP contribution < -0.4 is 0 Å². The van der Waals surface area contributed by atoms with Crippen molar-refractivity contribution in [2.75, 3.05) is 0 Å². The summed E-state index contributed by atoms with van der Waals surface area (Å²) in [6.07, 6.45) is 3.90. The molecule has 2 atom stereocenters. The number of hydrogen-bond acceptors (Lipinski definition) is 3. The molecular weight excluding hydrogens is 466 g/mol. The van der Waals surface area contributed by atoms with Crippen LogP contribution in [0.15, 0.2) is 97.1 Å². The van der Waals surface area contributed by atoms with Crippen molar-refractivity contribution in [2.24, 2.45) is 0 Å². The molecule has 0 radical (unpaired) electrons. The van der Waals surface area contributed by atoms with Crippen LogP contribution in [0.1, 0.15) is 75.6 Å². The monoisotopic (exact) mass is 503 g/mol. The van der Waals surface area contributed by atoms with Gasteiger partial charge in [0.1, 0.15) is 22.5 Å². The first-order chi connectivity index (χ1) is 18.4. The quantitative estimate of drug-likeness (QED) is 0.220. The summed E-state index contributed by atoms with van der Waals surface area (Å²) in [4.78, 5) is 1.61. The first kappa shape index (κ1) is 25.7. The predicted octanol–water partition coefficient (Wildman–Crippen LogP) is 8.34. The SMILES string of the molecule is CCCC(C)(c1ccccc1)c1cc(-n2nc3ccccc3n2)c(O)c(C(C)(CCC)c2ccccc2)c1. The summed E-state index contributed by atoms with van der Waals surface area (Å²) in [5, 5.41) is 21.5. The minimum atomic E-state index is -0.388. The first-order valence-electron chi connectivity index (χ1n) is 13.7. The highest BCUT2D eigenvalue weighted by Gasteiger charge is 2.36. The van der Waals surface area contributed by atoms with Gasteiger partial charge in [0.15, 0.2) is 0 Å². The number of phenolic OH excluding ortho intramolecular Hbond substituents is 1. The lowest BCUT2D eigenvalue weighted by Crippen LogP contribution is -2.28. The number of aromatic nitrogens is 3. The van der Waals surface area contributed by atoms with Gasteiger partial charge in [-0.1, -0.05) is 119 Å². The molecule has 1 N–H and O–H groups in total. The van der Waals surface area contributed by atoms with Gasteiger partial charge >= 0.3 is 0 Å². The minimum absolute atomic E-state index is 0.237. The number of hydrogen-bond donors (Lipinski definition) is 1. The van der Waals surface area contributed by atoms with Crippen molar-refractivity contribution in [3.8, 4) is 11.4 Å². The smallest absolute Gasteiger partial charge is 0.147 e. The van der Waals surface area contributed by atoms with E-state index in [2.05, 4.69) is 94.4 Å². The van der Waals surface area contributed by atoms with Crippen LogP contribution in [0.2, 0.25) is 0 Å². The Bertz CT molecular complexity index is 1490. The predicted molar refractivity (Wildman–Crippen MR) is 156 cm³/mol. The molecule has 38 heavy (non-hydrogen) atoms. The highest BCUT2D eigenvalue weighted by Crippen LogP contribution is 2.47. The Labute approximate surface area is 226 Å². The van der Waals surface area contributed by atoms with E-state index >= 15 is 0 Å². The molecule has 5 aromatic rings. The zero-order valence-electron chi connectivity index (χ0n) is 22.9. The molecule has 0 aliphatic carbocycles. The molecule has 0 spiro atoms. The maximum Gasteiger partial charge on any atom is 0.147 e. The van der Waals surface area contributed by atoms with Crippen LogP contribution in [0.5, 0.6) is 5.75 Å². The summed E-state index contributed by atoms with van der Waals surface area (Å²) < 4.78 is 0. The molecule has 0 saturated carbocycles. The zero-order valence-corrected chi connectivity index (χ0v) is 22.9. The summed E-state index contributed by atoms with van der Waals surface area (Å²) in [6.45, 7) is 9.01. The van der Waals surface area contributed by atoms with Crippen molar-refractivity contribution in [3.63, 3.8) is 0 Å². The minimum Gasteiger partial charge on any atom is -0.505 e. The number of aromatic hydroxyl groups is 1. The van der Waals surface area contributed by atoms with Gasteiger partial charge in [-0.05, 0) is 47.7 Å². The fraction of sp³-hybridized carbons (Fsp3) is 0.294.